The first-order valence-electron chi connectivity index (χ1n) is 6.80. The molecule has 0 aromatic carbocycles. The molecule has 20 heavy (non-hydrogen) atoms. The van der Waals surface area contributed by atoms with Crippen LogP contribution in [0.4, 0.5) is 0 Å². The van der Waals surface area contributed by atoms with Gasteiger partial charge in [0.25, 0.3) is 0 Å². The molecular weight excluding hydrogens is 260 g/mol. The average Bonchev–Trinajstić information content (AvgIpc) is 2.94. The fraction of sp³-hybridized carbons (Fsp3) is 0.643. The summed E-state index contributed by atoms with van der Waals surface area (Å²) < 4.78 is 5.37. The average molecular weight is 282 g/mol. The molecule has 1 saturated heterocycles. The smallest absolute Gasteiger partial charge is 0.371 e. The number of hydrogen-bond acceptors (Lipinski definition) is 5. The largest absolute Gasteiger partial charge is 0.475 e. The van der Waals surface area contributed by atoms with Gasteiger partial charge in [-0.2, -0.15) is 0 Å². The first kappa shape index (κ1) is 15.0. The molecule has 3 atom stereocenters. The van der Waals surface area contributed by atoms with Crippen molar-refractivity contribution in [1.29, 1.82) is 0 Å². The molecule has 0 aliphatic carbocycles. The Labute approximate surface area is 118 Å². The lowest BCUT2D eigenvalue weighted by Crippen LogP contribution is -2.39. The lowest BCUT2D eigenvalue weighted by molar-refractivity contribution is 0.0653. The van der Waals surface area contributed by atoms with Gasteiger partial charge >= 0.3 is 5.97 Å². The second kappa shape index (κ2) is 5.95. The molecule has 0 spiro atoms. The third kappa shape index (κ3) is 3.20. The van der Waals surface area contributed by atoms with Gasteiger partial charge in [0.15, 0.2) is 0 Å². The molecule has 0 amide bonds. The highest BCUT2D eigenvalue weighted by atomic mass is 16.4. The van der Waals surface area contributed by atoms with Gasteiger partial charge in [0, 0.05) is 19.1 Å². The standard InChI is InChI=1S/C14H22N2O4/c1-9(12-4-5-13(20-12)14(18)19)16-8-11(17)6-10(16)7-15(2)3/h4-5,9-11,17H,6-8H2,1-3H3,(H,18,19). The highest BCUT2D eigenvalue weighted by Crippen LogP contribution is 2.30. The molecule has 2 N–H and O–H groups in total. The Bertz CT molecular complexity index is 471. The molecule has 0 bridgehead atoms. The van der Waals surface area contributed by atoms with E-state index in [2.05, 4.69) is 9.80 Å². The number of carboxylic acids is 1. The van der Waals surface area contributed by atoms with E-state index in [1.54, 1.807) is 6.07 Å². The fourth-order valence-corrected chi connectivity index (χ4v) is 2.85. The molecule has 1 fully saturated rings. The number of likely N-dealkylation sites (tertiary alicyclic amines) is 1. The Morgan fingerprint density at radius 1 is 1.55 bits per heavy atom. The van der Waals surface area contributed by atoms with E-state index >= 15 is 0 Å². The van der Waals surface area contributed by atoms with Crippen molar-refractivity contribution in [2.24, 2.45) is 0 Å². The van der Waals surface area contributed by atoms with Crippen LogP contribution in [0.1, 0.15) is 35.7 Å². The summed E-state index contributed by atoms with van der Waals surface area (Å²) in [5.41, 5.74) is 0. The zero-order valence-corrected chi connectivity index (χ0v) is 12.1. The van der Waals surface area contributed by atoms with Gasteiger partial charge in [-0.3, -0.25) is 4.90 Å². The Morgan fingerprint density at radius 3 is 2.80 bits per heavy atom. The van der Waals surface area contributed by atoms with Crippen LogP contribution in [0.5, 0.6) is 0 Å². The van der Waals surface area contributed by atoms with Crippen molar-refractivity contribution in [2.45, 2.75) is 31.5 Å². The van der Waals surface area contributed by atoms with Crippen molar-refractivity contribution in [1.82, 2.24) is 9.80 Å². The Morgan fingerprint density at radius 2 is 2.25 bits per heavy atom. The molecular formula is C14H22N2O4. The van der Waals surface area contributed by atoms with Gasteiger partial charge in [0.05, 0.1) is 12.1 Å². The van der Waals surface area contributed by atoms with Gasteiger partial charge in [-0.1, -0.05) is 0 Å². The Hall–Kier alpha value is -1.37. The summed E-state index contributed by atoms with van der Waals surface area (Å²) in [7, 11) is 4.01. The normalized spacial score (nSPS) is 25.2. The number of carboxylic acid groups (broad SMARTS) is 1. The number of carbonyl (C=O) groups is 1. The summed E-state index contributed by atoms with van der Waals surface area (Å²) in [6, 6.07) is 3.37. The first-order valence-corrected chi connectivity index (χ1v) is 6.80. The second-order valence-corrected chi connectivity index (χ2v) is 5.69. The number of nitrogens with zero attached hydrogens (tertiary/aromatic N) is 2. The van der Waals surface area contributed by atoms with E-state index in [4.69, 9.17) is 9.52 Å². The highest BCUT2D eigenvalue weighted by Gasteiger charge is 2.35. The predicted molar refractivity (Wildman–Crippen MR) is 73.8 cm³/mol. The third-order valence-corrected chi connectivity index (χ3v) is 3.76. The Kier molecular flexibility index (Phi) is 4.47. The summed E-state index contributed by atoms with van der Waals surface area (Å²) in [5.74, 6) is -0.481. The van der Waals surface area contributed by atoms with Gasteiger partial charge < -0.3 is 19.5 Å². The lowest BCUT2D eigenvalue weighted by atomic mass is 10.1. The topological polar surface area (TPSA) is 77.1 Å². The molecule has 0 radical (unpaired) electrons. The summed E-state index contributed by atoms with van der Waals surface area (Å²) in [6.45, 7) is 3.42. The molecule has 6 nitrogen and oxygen atoms in total. The van der Waals surface area contributed by atoms with E-state index in [-0.39, 0.29) is 23.9 Å². The van der Waals surface area contributed by atoms with Crippen LogP contribution in [0.3, 0.4) is 0 Å². The van der Waals surface area contributed by atoms with Crippen LogP contribution in [0.15, 0.2) is 16.5 Å². The predicted octanol–water partition coefficient (Wildman–Crippen LogP) is 1.04. The van der Waals surface area contributed by atoms with E-state index in [9.17, 15) is 9.90 Å². The molecule has 112 valence electrons. The quantitative estimate of drug-likeness (QED) is 0.840. The van der Waals surface area contributed by atoms with E-state index < -0.39 is 5.97 Å². The molecule has 0 saturated carbocycles. The fourth-order valence-electron chi connectivity index (χ4n) is 2.85. The van der Waals surface area contributed by atoms with E-state index in [1.807, 2.05) is 21.0 Å². The SMILES string of the molecule is CC(c1ccc(C(=O)O)o1)N1CC(O)CC1CN(C)C. The summed E-state index contributed by atoms with van der Waals surface area (Å²) in [4.78, 5) is 15.1. The van der Waals surface area contributed by atoms with Gasteiger partial charge in [0.1, 0.15) is 5.76 Å². The zero-order chi connectivity index (χ0) is 14.9. The molecule has 2 heterocycles. The minimum atomic E-state index is -1.06. The summed E-state index contributed by atoms with van der Waals surface area (Å²) >= 11 is 0. The first-order chi connectivity index (χ1) is 9.38. The minimum Gasteiger partial charge on any atom is -0.475 e. The van der Waals surface area contributed by atoms with Crippen LogP contribution in [0, 0.1) is 0 Å². The van der Waals surface area contributed by atoms with E-state index in [0.717, 1.165) is 13.0 Å². The summed E-state index contributed by atoms with van der Waals surface area (Å²) in [5, 5.41) is 18.8. The third-order valence-electron chi connectivity index (χ3n) is 3.76. The van der Waals surface area contributed by atoms with Crippen LogP contribution in [-0.2, 0) is 0 Å². The van der Waals surface area contributed by atoms with Crippen molar-refractivity contribution in [3.05, 3.63) is 23.7 Å². The van der Waals surface area contributed by atoms with Crippen LogP contribution in [-0.4, -0.2) is 65.3 Å². The maximum atomic E-state index is 10.9. The molecule has 2 rings (SSSR count). The lowest BCUT2D eigenvalue weighted by Gasteiger charge is -2.30. The molecule has 1 aliphatic rings. The maximum Gasteiger partial charge on any atom is 0.371 e. The molecule has 1 aliphatic heterocycles. The van der Waals surface area contributed by atoms with Gasteiger partial charge in [-0.25, -0.2) is 4.79 Å². The number of aliphatic hydroxyl groups excluding tert-OH is 1. The van der Waals surface area contributed by atoms with Crippen LogP contribution in [0.2, 0.25) is 0 Å². The maximum absolute atomic E-state index is 10.9. The van der Waals surface area contributed by atoms with Gasteiger partial charge in [-0.05, 0) is 39.6 Å². The molecule has 1 aromatic heterocycles. The number of rotatable bonds is 5. The van der Waals surface area contributed by atoms with E-state index in [1.165, 1.54) is 6.07 Å². The molecule has 6 heteroatoms. The van der Waals surface area contributed by atoms with Gasteiger partial charge in [0.2, 0.25) is 5.76 Å². The highest BCUT2D eigenvalue weighted by molar-refractivity contribution is 5.84. The molecule has 1 aromatic rings. The van der Waals surface area contributed by atoms with Crippen molar-refractivity contribution >= 4 is 5.97 Å². The number of aromatic carboxylic acids is 1. The van der Waals surface area contributed by atoms with Crippen LogP contribution < -0.4 is 0 Å². The number of likely N-dealkylation sites (N-methyl/N-ethyl adjacent to an activating group) is 1. The minimum absolute atomic E-state index is 0.0456. The van der Waals surface area contributed by atoms with Crippen molar-refractivity contribution in [2.75, 3.05) is 27.2 Å². The van der Waals surface area contributed by atoms with Crippen LogP contribution >= 0.6 is 0 Å². The summed E-state index contributed by atoms with van der Waals surface area (Å²) in [6.07, 6.45) is 0.394. The molecule has 3 unspecified atom stereocenters. The zero-order valence-electron chi connectivity index (χ0n) is 12.1. The number of hydrogen-bond donors (Lipinski definition) is 2. The second-order valence-electron chi connectivity index (χ2n) is 5.69. The van der Waals surface area contributed by atoms with E-state index in [0.29, 0.717) is 12.3 Å². The van der Waals surface area contributed by atoms with Crippen molar-refractivity contribution in [3.8, 4) is 0 Å². The number of furan rings is 1. The van der Waals surface area contributed by atoms with Gasteiger partial charge in [-0.15, -0.1) is 0 Å². The number of aliphatic hydroxyl groups is 1. The number of β-amino-alcohol motifs (C(OH)–C–C–N with tert-alkyl or cyclic N) is 1. The van der Waals surface area contributed by atoms with Crippen LogP contribution in [0.25, 0.3) is 0 Å². The van der Waals surface area contributed by atoms with Crippen molar-refractivity contribution in [3.63, 3.8) is 0 Å². The van der Waals surface area contributed by atoms with Crippen molar-refractivity contribution < 1.29 is 19.4 Å². The monoisotopic (exact) mass is 282 g/mol. The Balaban J connectivity index is 2.13.